The van der Waals surface area contributed by atoms with Crippen molar-refractivity contribution < 1.29 is 4.79 Å². The SMILES string of the molecule is NC(=O)c1cc2c(N3CCN(Cc4ccccc4)CC3)cccc2s1. The van der Waals surface area contributed by atoms with Crippen LogP contribution >= 0.6 is 11.3 Å². The molecule has 25 heavy (non-hydrogen) atoms. The van der Waals surface area contributed by atoms with Gasteiger partial charge in [-0.25, -0.2) is 0 Å². The van der Waals surface area contributed by atoms with Crippen molar-refractivity contribution >= 4 is 33.0 Å². The number of hydrogen-bond donors (Lipinski definition) is 1. The van der Waals surface area contributed by atoms with Crippen LogP contribution in [0.4, 0.5) is 5.69 Å². The first kappa shape index (κ1) is 16.1. The molecule has 2 heterocycles. The predicted molar refractivity (Wildman–Crippen MR) is 104 cm³/mol. The van der Waals surface area contributed by atoms with Crippen LogP contribution in [0.15, 0.2) is 54.6 Å². The number of benzene rings is 2. The molecule has 1 aliphatic rings. The van der Waals surface area contributed by atoms with Gasteiger partial charge in [-0.15, -0.1) is 11.3 Å². The van der Waals surface area contributed by atoms with Gasteiger partial charge in [0.25, 0.3) is 5.91 Å². The lowest BCUT2D eigenvalue weighted by atomic mass is 10.1. The van der Waals surface area contributed by atoms with Gasteiger partial charge in [-0.2, -0.15) is 0 Å². The van der Waals surface area contributed by atoms with E-state index in [-0.39, 0.29) is 5.91 Å². The first-order chi connectivity index (χ1) is 12.2. The minimum absolute atomic E-state index is 0.347. The minimum Gasteiger partial charge on any atom is -0.368 e. The number of nitrogens with two attached hydrogens (primary N) is 1. The molecule has 0 radical (unpaired) electrons. The van der Waals surface area contributed by atoms with E-state index in [1.165, 1.54) is 22.6 Å². The number of hydrogen-bond acceptors (Lipinski definition) is 4. The predicted octanol–water partition coefficient (Wildman–Crippen LogP) is 3.32. The molecule has 1 saturated heterocycles. The summed E-state index contributed by atoms with van der Waals surface area (Å²) >= 11 is 1.47. The van der Waals surface area contributed by atoms with Gasteiger partial charge in [-0.1, -0.05) is 36.4 Å². The highest BCUT2D eigenvalue weighted by molar-refractivity contribution is 7.20. The van der Waals surface area contributed by atoms with Crippen molar-refractivity contribution in [1.82, 2.24) is 4.90 Å². The van der Waals surface area contributed by atoms with Crippen LogP contribution in [0.2, 0.25) is 0 Å². The van der Waals surface area contributed by atoms with E-state index < -0.39 is 0 Å². The highest BCUT2D eigenvalue weighted by atomic mass is 32.1. The maximum atomic E-state index is 11.5. The summed E-state index contributed by atoms with van der Waals surface area (Å²) in [6.07, 6.45) is 0. The Balaban J connectivity index is 1.49. The van der Waals surface area contributed by atoms with Gasteiger partial charge in [-0.3, -0.25) is 9.69 Å². The number of carbonyl (C=O) groups is 1. The Labute approximate surface area is 151 Å². The lowest BCUT2D eigenvalue weighted by molar-refractivity contribution is 0.100. The van der Waals surface area contributed by atoms with Gasteiger partial charge in [0, 0.05) is 48.5 Å². The molecule has 1 aromatic heterocycles. The van der Waals surface area contributed by atoms with Gasteiger partial charge in [0.05, 0.1) is 4.88 Å². The van der Waals surface area contributed by atoms with Crippen molar-refractivity contribution in [1.29, 1.82) is 0 Å². The Morgan fingerprint density at radius 1 is 1.00 bits per heavy atom. The maximum Gasteiger partial charge on any atom is 0.258 e. The Bertz CT molecular complexity index is 882. The molecule has 3 aromatic rings. The summed E-state index contributed by atoms with van der Waals surface area (Å²) in [4.78, 5) is 17.0. The molecular formula is C20H21N3OS. The molecular weight excluding hydrogens is 330 g/mol. The van der Waals surface area contributed by atoms with E-state index in [1.807, 2.05) is 6.07 Å². The topological polar surface area (TPSA) is 49.6 Å². The first-order valence-electron chi connectivity index (χ1n) is 8.54. The fourth-order valence-electron chi connectivity index (χ4n) is 3.43. The monoisotopic (exact) mass is 351 g/mol. The number of piperazine rings is 1. The van der Waals surface area contributed by atoms with E-state index in [0.717, 1.165) is 42.8 Å². The third-order valence-corrected chi connectivity index (χ3v) is 5.86. The molecule has 0 spiro atoms. The smallest absolute Gasteiger partial charge is 0.258 e. The highest BCUT2D eigenvalue weighted by Crippen LogP contribution is 2.33. The molecule has 0 aliphatic carbocycles. The van der Waals surface area contributed by atoms with Crippen molar-refractivity contribution in [2.45, 2.75) is 6.54 Å². The van der Waals surface area contributed by atoms with Crippen LogP contribution in [-0.4, -0.2) is 37.0 Å². The molecule has 1 aliphatic heterocycles. The molecule has 4 rings (SSSR count). The summed E-state index contributed by atoms with van der Waals surface area (Å²) in [5.41, 5.74) is 8.02. The fourth-order valence-corrected chi connectivity index (χ4v) is 4.37. The molecule has 0 saturated carbocycles. The molecule has 0 bridgehead atoms. The summed E-state index contributed by atoms with van der Waals surface area (Å²) in [5, 5.41) is 1.14. The molecule has 4 nitrogen and oxygen atoms in total. The summed E-state index contributed by atoms with van der Waals surface area (Å²) in [6.45, 7) is 5.07. The van der Waals surface area contributed by atoms with Gasteiger partial charge < -0.3 is 10.6 Å². The summed E-state index contributed by atoms with van der Waals surface area (Å²) in [5.74, 6) is -0.347. The molecule has 2 N–H and O–H groups in total. The average Bonchev–Trinajstić information content (AvgIpc) is 3.08. The van der Waals surface area contributed by atoms with Crippen molar-refractivity contribution in [2.24, 2.45) is 5.73 Å². The molecule has 5 heteroatoms. The lowest BCUT2D eigenvalue weighted by Gasteiger charge is -2.36. The van der Waals surface area contributed by atoms with E-state index in [2.05, 4.69) is 58.3 Å². The van der Waals surface area contributed by atoms with Crippen molar-refractivity contribution in [2.75, 3.05) is 31.1 Å². The average molecular weight is 351 g/mol. The molecule has 128 valence electrons. The van der Waals surface area contributed by atoms with Gasteiger partial charge in [0.15, 0.2) is 0 Å². The van der Waals surface area contributed by atoms with Gasteiger partial charge in [-0.05, 0) is 23.8 Å². The number of primary amides is 1. The number of amides is 1. The maximum absolute atomic E-state index is 11.5. The Kier molecular flexibility index (Phi) is 4.42. The number of anilines is 1. The van der Waals surface area contributed by atoms with Crippen LogP contribution in [-0.2, 0) is 6.54 Å². The second-order valence-electron chi connectivity index (χ2n) is 6.41. The van der Waals surface area contributed by atoms with Crippen LogP contribution in [0, 0.1) is 0 Å². The molecule has 1 fully saturated rings. The third-order valence-electron chi connectivity index (χ3n) is 4.74. The minimum atomic E-state index is -0.347. The second kappa shape index (κ2) is 6.86. The van der Waals surface area contributed by atoms with Crippen LogP contribution in [0.25, 0.3) is 10.1 Å². The highest BCUT2D eigenvalue weighted by Gasteiger charge is 2.20. The van der Waals surface area contributed by atoms with Crippen molar-refractivity contribution in [3.05, 3.63) is 65.0 Å². The van der Waals surface area contributed by atoms with Gasteiger partial charge in [0.1, 0.15) is 0 Å². The first-order valence-corrected chi connectivity index (χ1v) is 9.36. The Hall–Kier alpha value is -2.37. The quantitative estimate of drug-likeness (QED) is 0.784. The van der Waals surface area contributed by atoms with Crippen molar-refractivity contribution in [3.8, 4) is 0 Å². The number of carbonyl (C=O) groups excluding carboxylic acids is 1. The van der Waals surface area contributed by atoms with E-state index in [1.54, 1.807) is 0 Å². The summed E-state index contributed by atoms with van der Waals surface area (Å²) in [6, 6.07) is 18.8. The summed E-state index contributed by atoms with van der Waals surface area (Å²) < 4.78 is 1.12. The van der Waals surface area contributed by atoms with E-state index in [0.29, 0.717) is 4.88 Å². The van der Waals surface area contributed by atoms with E-state index in [4.69, 9.17) is 5.73 Å². The molecule has 0 unspecified atom stereocenters. The van der Waals surface area contributed by atoms with Crippen LogP contribution in [0.3, 0.4) is 0 Å². The van der Waals surface area contributed by atoms with Gasteiger partial charge in [0.2, 0.25) is 0 Å². The Morgan fingerprint density at radius 3 is 2.48 bits per heavy atom. The van der Waals surface area contributed by atoms with E-state index in [9.17, 15) is 4.79 Å². The van der Waals surface area contributed by atoms with Gasteiger partial charge >= 0.3 is 0 Å². The second-order valence-corrected chi connectivity index (χ2v) is 7.50. The fraction of sp³-hybridized carbons (Fsp3) is 0.250. The number of fused-ring (bicyclic) bond motifs is 1. The molecule has 1 amide bonds. The number of thiophene rings is 1. The van der Waals surface area contributed by atoms with Crippen LogP contribution < -0.4 is 10.6 Å². The normalized spacial score (nSPS) is 15.6. The molecule has 0 atom stereocenters. The standard InChI is InChI=1S/C20H21N3OS/c21-20(24)19-13-16-17(7-4-8-18(16)25-19)23-11-9-22(10-12-23)14-15-5-2-1-3-6-15/h1-8,13H,9-12,14H2,(H2,21,24). The zero-order chi connectivity index (χ0) is 17.2. The number of rotatable bonds is 4. The summed E-state index contributed by atoms with van der Waals surface area (Å²) in [7, 11) is 0. The largest absolute Gasteiger partial charge is 0.368 e. The molecule has 2 aromatic carbocycles. The van der Waals surface area contributed by atoms with Crippen LogP contribution in [0.5, 0.6) is 0 Å². The van der Waals surface area contributed by atoms with E-state index >= 15 is 0 Å². The zero-order valence-electron chi connectivity index (χ0n) is 14.0. The Morgan fingerprint density at radius 2 is 1.76 bits per heavy atom. The lowest BCUT2D eigenvalue weighted by Crippen LogP contribution is -2.46. The van der Waals surface area contributed by atoms with Crippen LogP contribution in [0.1, 0.15) is 15.2 Å². The zero-order valence-corrected chi connectivity index (χ0v) is 14.8. The van der Waals surface area contributed by atoms with Crippen molar-refractivity contribution in [3.63, 3.8) is 0 Å². The third kappa shape index (κ3) is 3.38. The number of nitrogens with zero attached hydrogens (tertiary/aromatic N) is 2.